The van der Waals surface area contributed by atoms with Crippen LogP contribution in [0.1, 0.15) is 60.2 Å². The number of phenols is 1. The van der Waals surface area contributed by atoms with E-state index in [2.05, 4.69) is 5.32 Å². The van der Waals surface area contributed by atoms with E-state index >= 15 is 0 Å². The molecule has 1 amide bonds. The number of Topliss-reactive ketones (excluding diaryl/α,β-unsaturated/α-hetero) is 2. The maximum atomic E-state index is 13.6. The van der Waals surface area contributed by atoms with Crippen LogP contribution in [0.3, 0.4) is 0 Å². The van der Waals surface area contributed by atoms with Crippen LogP contribution in [0.5, 0.6) is 5.75 Å². The number of thioether (sulfide) groups is 1. The second-order valence-corrected chi connectivity index (χ2v) is 12.7. The molecule has 0 saturated carbocycles. The van der Waals surface area contributed by atoms with E-state index in [9.17, 15) is 37.8 Å². The lowest BCUT2D eigenvalue weighted by atomic mass is 9.78. The third-order valence-corrected chi connectivity index (χ3v) is 9.22. The Morgan fingerprint density at radius 1 is 1.10 bits per heavy atom. The summed E-state index contributed by atoms with van der Waals surface area (Å²) >= 11 is 1.33. The molecular weight excluding hydrogens is 543 g/mol. The van der Waals surface area contributed by atoms with E-state index in [-0.39, 0.29) is 24.2 Å². The van der Waals surface area contributed by atoms with Gasteiger partial charge in [-0.25, -0.2) is 0 Å². The molecule has 1 unspecified atom stereocenters. The monoisotopic (exact) mass is 579 g/mol. The van der Waals surface area contributed by atoms with Crippen molar-refractivity contribution < 1.29 is 37.8 Å². The average Bonchev–Trinajstić information content (AvgIpc) is 2.89. The smallest absolute Gasteiger partial charge is 0.389 e. The molecule has 218 valence electrons. The van der Waals surface area contributed by atoms with Gasteiger partial charge in [-0.05, 0) is 57.7 Å². The fourth-order valence-corrected chi connectivity index (χ4v) is 6.45. The first-order chi connectivity index (χ1) is 18.6. The molecule has 2 aromatic carbocycles. The number of aryl methyl sites for hydroxylation is 1. The summed E-state index contributed by atoms with van der Waals surface area (Å²) in [6, 6.07) is 11.1. The quantitative estimate of drug-likeness (QED) is 0.351. The zero-order valence-corrected chi connectivity index (χ0v) is 23.9. The number of hydrogen-bond acceptors (Lipinski definition) is 6. The lowest BCUT2D eigenvalue weighted by Gasteiger charge is -2.41. The minimum absolute atomic E-state index is 0.0213. The number of ketones is 2. The van der Waals surface area contributed by atoms with Crippen LogP contribution in [-0.2, 0) is 16.0 Å². The molecule has 40 heavy (non-hydrogen) atoms. The van der Waals surface area contributed by atoms with Gasteiger partial charge in [0.25, 0.3) is 5.91 Å². The highest BCUT2D eigenvalue weighted by Crippen LogP contribution is 2.45. The van der Waals surface area contributed by atoms with Crippen LogP contribution >= 0.6 is 11.8 Å². The normalized spacial score (nSPS) is 20.4. The molecular formula is C30H36F3NO5S. The van der Waals surface area contributed by atoms with Gasteiger partial charge in [-0.3, -0.25) is 14.4 Å². The second-order valence-electron chi connectivity index (χ2n) is 11.0. The number of aliphatic hydroxyl groups excluding tert-OH is 1. The summed E-state index contributed by atoms with van der Waals surface area (Å²) in [5.74, 6) is -2.97. The van der Waals surface area contributed by atoms with Crippen molar-refractivity contribution in [3.63, 3.8) is 0 Å². The summed E-state index contributed by atoms with van der Waals surface area (Å²) in [7, 11) is 0. The Morgan fingerprint density at radius 3 is 2.38 bits per heavy atom. The molecule has 0 radical (unpaired) electrons. The Balaban J connectivity index is 1.82. The highest BCUT2D eigenvalue weighted by Gasteiger charge is 2.45. The zero-order valence-electron chi connectivity index (χ0n) is 23.0. The topological polar surface area (TPSA) is 104 Å². The zero-order chi connectivity index (χ0) is 29.8. The van der Waals surface area contributed by atoms with Crippen molar-refractivity contribution in [2.45, 2.75) is 76.4 Å². The number of phenolic OH excluding ortho intramolecular Hbond substituents is 1. The number of halogens is 3. The number of amides is 1. The van der Waals surface area contributed by atoms with Crippen molar-refractivity contribution >= 4 is 29.2 Å². The SMILES string of the molecule is Cc1ccc(C(=O)N[C@@H](Cc2ccccc2)[C@H](O)C(=O)C2CSC(C)(C)[C@@H](C(=O)CCC(F)(F)F)C2)c(C)c1O. The van der Waals surface area contributed by atoms with Crippen LogP contribution in [0.25, 0.3) is 0 Å². The van der Waals surface area contributed by atoms with E-state index in [1.54, 1.807) is 64.1 Å². The van der Waals surface area contributed by atoms with Gasteiger partial charge in [0.05, 0.1) is 12.5 Å². The highest BCUT2D eigenvalue weighted by molar-refractivity contribution is 8.00. The predicted molar refractivity (Wildman–Crippen MR) is 148 cm³/mol. The molecule has 0 bridgehead atoms. The Hall–Kier alpha value is -2.85. The molecule has 1 aliphatic rings. The summed E-state index contributed by atoms with van der Waals surface area (Å²) in [6.45, 7) is 6.86. The standard InChI is InChI=1S/C30H36F3NO5S/c1-17-10-11-21(18(2)25(17)36)28(39)34-23(14-19-8-6-5-7-9-19)27(38)26(37)20-15-22(29(3,4)40-16-20)24(35)12-13-30(31,32)33/h5-11,20,22-23,27,36,38H,12-16H2,1-4H3,(H,34,39)/t20?,22-,23+,27+/m1/s1. The maximum absolute atomic E-state index is 13.6. The first-order valence-corrected chi connectivity index (χ1v) is 14.2. The first kappa shape index (κ1) is 31.7. The summed E-state index contributed by atoms with van der Waals surface area (Å²) in [5, 5.41) is 24.3. The number of hydrogen-bond donors (Lipinski definition) is 3. The van der Waals surface area contributed by atoms with Crippen LogP contribution in [0.4, 0.5) is 13.2 Å². The van der Waals surface area contributed by atoms with E-state index in [0.29, 0.717) is 16.9 Å². The number of carbonyl (C=O) groups excluding carboxylic acids is 3. The number of aliphatic hydroxyl groups is 1. The molecule has 6 nitrogen and oxygen atoms in total. The van der Waals surface area contributed by atoms with Crippen LogP contribution in [0.2, 0.25) is 0 Å². The van der Waals surface area contributed by atoms with Gasteiger partial charge in [0.2, 0.25) is 0 Å². The summed E-state index contributed by atoms with van der Waals surface area (Å²) in [4.78, 5) is 39.6. The minimum Gasteiger partial charge on any atom is -0.507 e. The Morgan fingerprint density at radius 2 is 1.75 bits per heavy atom. The van der Waals surface area contributed by atoms with Gasteiger partial charge in [-0.1, -0.05) is 36.4 Å². The molecule has 1 aliphatic heterocycles. The third kappa shape index (κ3) is 7.87. The van der Waals surface area contributed by atoms with Crippen LogP contribution in [0.15, 0.2) is 42.5 Å². The summed E-state index contributed by atoms with van der Waals surface area (Å²) in [6.07, 6.45) is -7.79. The summed E-state index contributed by atoms with van der Waals surface area (Å²) < 4.78 is 37.6. The molecule has 0 aromatic heterocycles. The minimum atomic E-state index is -4.46. The fraction of sp³-hybridized carbons (Fsp3) is 0.500. The molecule has 0 spiro atoms. The van der Waals surface area contributed by atoms with Gasteiger partial charge in [0, 0.05) is 39.9 Å². The molecule has 1 fully saturated rings. The average molecular weight is 580 g/mol. The Labute approximate surface area is 236 Å². The van der Waals surface area contributed by atoms with E-state index in [1.165, 1.54) is 11.8 Å². The van der Waals surface area contributed by atoms with Crippen LogP contribution < -0.4 is 5.32 Å². The molecule has 2 aromatic rings. The number of alkyl halides is 3. The van der Waals surface area contributed by atoms with Crippen molar-refractivity contribution in [3.05, 3.63) is 64.7 Å². The van der Waals surface area contributed by atoms with Gasteiger partial charge in [-0.15, -0.1) is 0 Å². The van der Waals surface area contributed by atoms with E-state index in [4.69, 9.17) is 0 Å². The van der Waals surface area contributed by atoms with Gasteiger partial charge >= 0.3 is 6.18 Å². The molecule has 10 heteroatoms. The Bertz CT molecular complexity index is 1230. The third-order valence-electron chi connectivity index (χ3n) is 7.63. The first-order valence-electron chi connectivity index (χ1n) is 13.2. The molecule has 3 N–H and O–H groups in total. The van der Waals surface area contributed by atoms with Crippen LogP contribution in [0, 0.1) is 25.7 Å². The lowest BCUT2D eigenvalue weighted by Crippen LogP contribution is -2.52. The van der Waals surface area contributed by atoms with E-state index in [0.717, 1.165) is 5.56 Å². The second kappa shape index (κ2) is 12.8. The van der Waals surface area contributed by atoms with Crippen molar-refractivity contribution in [2.75, 3.05) is 5.75 Å². The van der Waals surface area contributed by atoms with Gasteiger partial charge in [-0.2, -0.15) is 24.9 Å². The van der Waals surface area contributed by atoms with Crippen LogP contribution in [-0.4, -0.2) is 56.5 Å². The number of nitrogens with one attached hydrogen (secondary N) is 1. The van der Waals surface area contributed by atoms with Crippen molar-refractivity contribution in [1.82, 2.24) is 5.32 Å². The van der Waals surface area contributed by atoms with E-state index in [1.807, 2.05) is 6.07 Å². The molecule has 3 rings (SSSR count). The maximum Gasteiger partial charge on any atom is 0.389 e. The fourth-order valence-electron chi connectivity index (χ4n) is 5.09. The number of benzene rings is 2. The number of aromatic hydroxyl groups is 1. The number of rotatable bonds is 10. The van der Waals surface area contributed by atoms with Crippen molar-refractivity contribution in [1.29, 1.82) is 0 Å². The summed E-state index contributed by atoms with van der Waals surface area (Å²) in [5.41, 5.74) is 1.93. The lowest BCUT2D eigenvalue weighted by molar-refractivity contribution is -0.146. The van der Waals surface area contributed by atoms with Crippen molar-refractivity contribution in [2.24, 2.45) is 11.8 Å². The molecule has 0 aliphatic carbocycles. The van der Waals surface area contributed by atoms with Gasteiger partial charge < -0.3 is 15.5 Å². The largest absolute Gasteiger partial charge is 0.507 e. The van der Waals surface area contributed by atoms with Crippen molar-refractivity contribution in [3.8, 4) is 5.75 Å². The predicted octanol–water partition coefficient (Wildman–Crippen LogP) is 5.34. The molecule has 1 saturated heterocycles. The van der Waals surface area contributed by atoms with Gasteiger partial charge in [0.1, 0.15) is 17.6 Å². The Kier molecular flexibility index (Phi) is 10.1. The van der Waals surface area contributed by atoms with Gasteiger partial charge in [0.15, 0.2) is 5.78 Å². The molecule has 1 heterocycles. The highest BCUT2D eigenvalue weighted by atomic mass is 32.2. The van der Waals surface area contributed by atoms with E-state index < -0.39 is 65.2 Å². The number of carbonyl (C=O) groups is 3. The molecule has 4 atom stereocenters.